The van der Waals surface area contributed by atoms with Crippen LogP contribution in [0.1, 0.15) is 30.0 Å². The van der Waals surface area contributed by atoms with Gasteiger partial charge in [0.2, 0.25) is 5.91 Å². The second-order valence-corrected chi connectivity index (χ2v) is 5.60. The lowest BCUT2D eigenvalue weighted by atomic mass is 10.0. The SMILES string of the molecule is Cc1ccc(C(CC(=O)O)N2CC(CCl)CC2=O)cc1. The van der Waals surface area contributed by atoms with Crippen molar-refractivity contribution in [2.45, 2.75) is 25.8 Å². The van der Waals surface area contributed by atoms with E-state index in [2.05, 4.69) is 0 Å². The first kappa shape index (κ1) is 14.9. The summed E-state index contributed by atoms with van der Waals surface area (Å²) in [5, 5.41) is 9.11. The van der Waals surface area contributed by atoms with Crippen LogP contribution < -0.4 is 0 Å². The van der Waals surface area contributed by atoms with E-state index in [-0.39, 0.29) is 18.2 Å². The normalized spacial score (nSPS) is 20.2. The predicted molar refractivity (Wildman–Crippen MR) is 76.7 cm³/mol. The topological polar surface area (TPSA) is 57.6 Å². The number of carbonyl (C=O) groups excluding carboxylic acids is 1. The number of nitrogens with zero attached hydrogens (tertiary/aromatic N) is 1. The van der Waals surface area contributed by atoms with Gasteiger partial charge >= 0.3 is 5.97 Å². The number of amides is 1. The van der Waals surface area contributed by atoms with Crippen molar-refractivity contribution in [1.29, 1.82) is 0 Å². The molecule has 1 heterocycles. The van der Waals surface area contributed by atoms with E-state index in [9.17, 15) is 9.59 Å². The van der Waals surface area contributed by atoms with Crippen LogP contribution in [0.25, 0.3) is 0 Å². The van der Waals surface area contributed by atoms with Crippen LogP contribution in [0, 0.1) is 12.8 Å². The van der Waals surface area contributed by atoms with E-state index in [1.165, 1.54) is 0 Å². The molecule has 0 aromatic heterocycles. The summed E-state index contributed by atoms with van der Waals surface area (Å²) in [6.07, 6.45) is 0.329. The number of alkyl halides is 1. The molecule has 2 rings (SSSR count). The fraction of sp³-hybridized carbons (Fsp3) is 0.467. The number of hydrogen-bond acceptors (Lipinski definition) is 2. The van der Waals surface area contributed by atoms with Crippen molar-refractivity contribution < 1.29 is 14.7 Å². The van der Waals surface area contributed by atoms with E-state index >= 15 is 0 Å². The van der Waals surface area contributed by atoms with Gasteiger partial charge in [-0.2, -0.15) is 0 Å². The van der Waals surface area contributed by atoms with Crippen molar-refractivity contribution in [3.8, 4) is 0 Å². The van der Waals surface area contributed by atoms with Crippen molar-refractivity contribution in [3.05, 3.63) is 35.4 Å². The van der Waals surface area contributed by atoms with Gasteiger partial charge < -0.3 is 10.0 Å². The quantitative estimate of drug-likeness (QED) is 0.850. The fourth-order valence-electron chi connectivity index (χ4n) is 2.58. The molecule has 2 atom stereocenters. The smallest absolute Gasteiger partial charge is 0.305 e. The minimum atomic E-state index is -0.905. The van der Waals surface area contributed by atoms with E-state index in [1.807, 2.05) is 31.2 Å². The molecular weight excluding hydrogens is 278 g/mol. The second kappa shape index (κ2) is 6.27. The summed E-state index contributed by atoms with van der Waals surface area (Å²) in [7, 11) is 0. The molecule has 1 aliphatic heterocycles. The summed E-state index contributed by atoms with van der Waals surface area (Å²) >= 11 is 5.82. The number of carboxylic acids is 1. The van der Waals surface area contributed by atoms with Crippen molar-refractivity contribution in [2.24, 2.45) is 5.92 Å². The second-order valence-electron chi connectivity index (χ2n) is 5.29. The Labute approximate surface area is 123 Å². The molecule has 0 saturated carbocycles. The third-order valence-corrected chi connectivity index (χ3v) is 4.10. The molecule has 2 unspecified atom stereocenters. The van der Waals surface area contributed by atoms with Gasteiger partial charge in [-0.15, -0.1) is 11.6 Å². The maximum absolute atomic E-state index is 12.1. The maximum Gasteiger partial charge on any atom is 0.305 e. The summed E-state index contributed by atoms with van der Waals surface area (Å²) in [6.45, 7) is 2.51. The molecule has 5 heteroatoms. The molecule has 1 N–H and O–H groups in total. The molecule has 1 aliphatic rings. The lowest BCUT2D eigenvalue weighted by molar-refractivity contribution is -0.139. The summed E-state index contributed by atoms with van der Waals surface area (Å²) in [4.78, 5) is 24.8. The standard InChI is InChI=1S/C15H18ClNO3/c1-10-2-4-12(5-3-10)13(7-15(19)20)17-9-11(8-16)6-14(17)18/h2-5,11,13H,6-9H2,1H3,(H,19,20). The summed E-state index contributed by atoms with van der Waals surface area (Å²) in [5.74, 6) is -0.373. The van der Waals surface area contributed by atoms with Crippen LogP contribution in [0.3, 0.4) is 0 Å². The van der Waals surface area contributed by atoms with Crippen LogP contribution in [0.4, 0.5) is 0 Å². The molecule has 1 aromatic carbocycles. The molecular formula is C15H18ClNO3. The highest BCUT2D eigenvalue weighted by atomic mass is 35.5. The highest BCUT2D eigenvalue weighted by molar-refractivity contribution is 6.18. The van der Waals surface area contributed by atoms with Gasteiger partial charge in [-0.25, -0.2) is 0 Å². The highest BCUT2D eigenvalue weighted by Crippen LogP contribution is 2.31. The molecule has 108 valence electrons. The Balaban J connectivity index is 2.26. The Morgan fingerprint density at radius 3 is 2.60 bits per heavy atom. The number of rotatable bonds is 5. The van der Waals surface area contributed by atoms with Crippen LogP contribution >= 0.6 is 11.6 Å². The van der Waals surface area contributed by atoms with E-state index in [4.69, 9.17) is 16.7 Å². The van der Waals surface area contributed by atoms with Crippen molar-refractivity contribution >= 4 is 23.5 Å². The molecule has 1 amide bonds. The van der Waals surface area contributed by atoms with E-state index in [1.54, 1.807) is 4.90 Å². The number of halogens is 1. The predicted octanol–water partition coefficient (Wildman–Crippen LogP) is 2.60. The number of benzene rings is 1. The summed E-state index contributed by atoms with van der Waals surface area (Å²) in [6, 6.07) is 7.25. The number of carbonyl (C=O) groups is 2. The number of hydrogen-bond donors (Lipinski definition) is 1. The summed E-state index contributed by atoms with van der Waals surface area (Å²) in [5.41, 5.74) is 1.97. The Morgan fingerprint density at radius 1 is 1.45 bits per heavy atom. The Kier molecular flexibility index (Phi) is 4.65. The van der Waals surface area contributed by atoms with Gasteiger partial charge in [0.25, 0.3) is 0 Å². The van der Waals surface area contributed by atoms with Crippen LogP contribution in [0.15, 0.2) is 24.3 Å². The molecule has 0 bridgehead atoms. The van der Waals surface area contributed by atoms with Gasteiger partial charge in [-0.3, -0.25) is 9.59 Å². The third kappa shape index (κ3) is 3.31. The molecule has 1 aromatic rings. The molecule has 1 saturated heterocycles. The van der Waals surface area contributed by atoms with Crippen molar-refractivity contribution in [1.82, 2.24) is 4.90 Å². The Hall–Kier alpha value is -1.55. The molecule has 0 spiro atoms. The third-order valence-electron chi connectivity index (χ3n) is 3.66. The molecule has 20 heavy (non-hydrogen) atoms. The molecule has 1 fully saturated rings. The molecule has 0 radical (unpaired) electrons. The lowest BCUT2D eigenvalue weighted by Crippen LogP contribution is -2.32. The number of carboxylic acid groups (broad SMARTS) is 1. The zero-order valence-electron chi connectivity index (χ0n) is 11.4. The first-order chi connectivity index (χ1) is 9.51. The van der Waals surface area contributed by atoms with Crippen LogP contribution in [0.5, 0.6) is 0 Å². The Bertz CT molecular complexity index is 500. The van der Waals surface area contributed by atoms with Crippen LogP contribution in [-0.2, 0) is 9.59 Å². The van der Waals surface area contributed by atoms with Gasteiger partial charge in [0, 0.05) is 18.8 Å². The largest absolute Gasteiger partial charge is 0.481 e. The number of aliphatic carboxylic acids is 1. The average molecular weight is 296 g/mol. The van der Waals surface area contributed by atoms with E-state index in [0.717, 1.165) is 11.1 Å². The zero-order valence-corrected chi connectivity index (χ0v) is 12.1. The maximum atomic E-state index is 12.1. The lowest BCUT2D eigenvalue weighted by Gasteiger charge is -2.27. The first-order valence-corrected chi connectivity index (χ1v) is 7.18. The highest BCUT2D eigenvalue weighted by Gasteiger charge is 2.35. The van der Waals surface area contributed by atoms with Gasteiger partial charge in [-0.05, 0) is 18.4 Å². The van der Waals surface area contributed by atoms with Gasteiger partial charge in [0.05, 0.1) is 12.5 Å². The van der Waals surface area contributed by atoms with Crippen molar-refractivity contribution in [3.63, 3.8) is 0 Å². The van der Waals surface area contributed by atoms with Crippen LogP contribution in [-0.4, -0.2) is 34.3 Å². The minimum Gasteiger partial charge on any atom is -0.481 e. The monoisotopic (exact) mass is 295 g/mol. The van der Waals surface area contributed by atoms with E-state index < -0.39 is 12.0 Å². The summed E-state index contributed by atoms with van der Waals surface area (Å²) < 4.78 is 0. The van der Waals surface area contributed by atoms with Crippen LogP contribution in [0.2, 0.25) is 0 Å². The average Bonchev–Trinajstić information content (AvgIpc) is 2.78. The number of likely N-dealkylation sites (tertiary alicyclic amines) is 1. The molecule has 0 aliphatic carbocycles. The molecule has 4 nitrogen and oxygen atoms in total. The zero-order chi connectivity index (χ0) is 14.7. The number of aryl methyl sites for hydroxylation is 1. The first-order valence-electron chi connectivity index (χ1n) is 6.65. The van der Waals surface area contributed by atoms with Gasteiger partial charge in [0.1, 0.15) is 0 Å². The van der Waals surface area contributed by atoms with E-state index in [0.29, 0.717) is 18.8 Å². The fourth-order valence-corrected chi connectivity index (χ4v) is 2.78. The minimum absolute atomic E-state index is 0.0116. The Morgan fingerprint density at radius 2 is 2.10 bits per heavy atom. The van der Waals surface area contributed by atoms with Gasteiger partial charge in [0.15, 0.2) is 0 Å². The van der Waals surface area contributed by atoms with Crippen molar-refractivity contribution in [2.75, 3.05) is 12.4 Å². The van der Waals surface area contributed by atoms with Gasteiger partial charge in [-0.1, -0.05) is 29.8 Å².